The number of amides is 1. The van der Waals surface area contributed by atoms with Crippen molar-refractivity contribution < 1.29 is 14.1 Å². The molecule has 0 saturated heterocycles. The maximum Gasteiger partial charge on any atom is 0.290 e. The third kappa shape index (κ3) is 2.74. The van der Waals surface area contributed by atoms with E-state index in [1.807, 2.05) is 25.1 Å². The van der Waals surface area contributed by atoms with Crippen LogP contribution in [-0.4, -0.2) is 23.2 Å². The molecule has 2 N–H and O–H groups in total. The van der Waals surface area contributed by atoms with Gasteiger partial charge in [0, 0.05) is 17.8 Å². The quantitative estimate of drug-likeness (QED) is 0.771. The topological polar surface area (TPSA) is 80.1 Å². The van der Waals surface area contributed by atoms with Crippen molar-refractivity contribution >= 4 is 16.8 Å². The average molecular weight is 285 g/mol. The SMILES string of the molecule is COc1cc(C(=O)NCc2ccc3[nH]c(C)cc3c2)on1. The number of H-pyrrole nitrogens is 1. The summed E-state index contributed by atoms with van der Waals surface area (Å²) < 4.78 is 9.76. The number of hydrogen-bond donors (Lipinski definition) is 2. The minimum absolute atomic E-state index is 0.130. The van der Waals surface area contributed by atoms with Crippen molar-refractivity contribution in [2.24, 2.45) is 0 Å². The molecule has 0 atom stereocenters. The normalized spacial score (nSPS) is 10.8. The number of aromatic amines is 1. The van der Waals surface area contributed by atoms with E-state index >= 15 is 0 Å². The van der Waals surface area contributed by atoms with Gasteiger partial charge >= 0.3 is 0 Å². The van der Waals surface area contributed by atoms with E-state index in [4.69, 9.17) is 9.26 Å². The van der Waals surface area contributed by atoms with Crippen LogP contribution in [0.15, 0.2) is 34.9 Å². The highest BCUT2D eigenvalue weighted by Gasteiger charge is 2.13. The molecule has 1 amide bonds. The zero-order valence-corrected chi connectivity index (χ0v) is 11.8. The number of carbonyl (C=O) groups excluding carboxylic acids is 1. The number of nitrogens with one attached hydrogen (secondary N) is 2. The molecule has 6 nitrogen and oxygen atoms in total. The molecule has 0 aliphatic heterocycles. The van der Waals surface area contributed by atoms with Gasteiger partial charge in [0.15, 0.2) is 0 Å². The van der Waals surface area contributed by atoms with E-state index in [1.54, 1.807) is 0 Å². The first-order valence-electron chi connectivity index (χ1n) is 6.53. The number of nitrogens with zero attached hydrogens (tertiary/aromatic N) is 1. The summed E-state index contributed by atoms with van der Waals surface area (Å²) in [7, 11) is 1.47. The van der Waals surface area contributed by atoms with Crippen LogP contribution >= 0.6 is 0 Å². The molecule has 0 fully saturated rings. The highest BCUT2D eigenvalue weighted by molar-refractivity contribution is 5.91. The molecule has 6 heteroatoms. The first kappa shape index (κ1) is 13.2. The lowest BCUT2D eigenvalue weighted by molar-refractivity contribution is 0.0913. The molecule has 1 aromatic carbocycles. The van der Waals surface area contributed by atoms with Gasteiger partial charge in [-0.3, -0.25) is 4.79 Å². The number of aromatic nitrogens is 2. The highest BCUT2D eigenvalue weighted by Crippen LogP contribution is 2.17. The van der Waals surface area contributed by atoms with Crippen molar-refractivity contribution in [3.8, 4) is 5.88 Å². The third-order valence-electron chi connectivity index (χ3n) is 3.19. The largest absolute Gasteiger partial charge is 0.479 e. The van der Waals surface area contributed by atoms with Gasteiger partial charge in [-0.1, -0.05) is 6.07 Å². The highest BCUT2D eigenvalue weighted by atomic mass is 16.5. The Bertz CT molecular complexity index is 788. The Hall–Kier alpha value is -2.76. The van der Waals surface area contributed by atoms with Crippen LogP contribution in [0, 0.1) is 6.92 Å². The van der Waals surface area contributed by atoms with E-state index in [-0.39, 0.29) is 17.5 Å². The lowest BCUT2D eigenvalue weighted by Gasteiger charge is -2.03. The van der Waals surface area contributed by atoms with Crippen molar-refractivity contribution in [2.45, 2.75) is 13.5 Å². The number of hydrogen-bond acceptors (Lipinski definition) is 4. The number of carbonyl (C=O) groups is 1. The molecule has 2 heterocycles. The van der Waals surface area contributed by atoms with Gasteiger partial charge in [0.1, 0.15) is 0 Å². The second-order valence-electron chi connectivity index (χ2n) is 4.79. The van der Waals surface area contributed by atoms with Crippen molar-refractivity contribution in [1.29, 1.82) is 0 Å². The maximum atomic E-state index is 11.9. The molecular formula is C15H15N3O3. The summed E-state index contributed by atoms with van der Waals surface area (Å²) in [5.74, 6) is 0.0888. The summed E-state index contributed by atoms with van der Waals surface area (Å²) in [6.45, 7) is 2.43. The smallest absolute Gasteiger partial charge is 0.290 e. The van der Waals surface area contributed by atoms with E-state index in [2.05, 4.69) is 21.5 Å². The summed E-state index contributed by atoms with van der Waals surface area (Å²) in [6, 6.07) is 9.54. The van der Waals surface area contributed by atoms with Gasteiger partial charge in [0.25, 0.3) is 11.8 Å². The average Bonchev–Trinajstić information content (AvgIpc) is 3.09. The Morgan fingerprint density at radius 3 is 3.00 bits per heavy atom. The van der Waals surface area contributed by atoms with E-state index in [9.17, 15) is 4.79 Å². The molecule has 21 heavy (non-hydrogen) atoms. The summed E-state index contributed by atoms with van der Waals surface area (Å²) in [6.07, 6.45) is 0. The van der Waals surface area contributed by atoms with Gasteiger partial charge in [-0.25, -0.2) is 0 Å². The third-order valence-corrected chi connectivity index (χ3v) is 3.19. The van der Waals surface area contributed by atoms with E-state index < -0.39 is 0 Å². The number of benzene rings is 1. The fraction of sp³-hybridized carbons (Fsp3) is 0.200. The predicted molar refractivity (Wildman–Crippen MR) is 77.3 cm³/mol. The first-order chi connectivity index (χ1) is 10.2. The van der Waals surface area contributed by atoms with E-state index in [1.165, 1.54) is 13.2 Å². The monoisotopic (exact) mass is 285 g/mol. The number of rotatable bonds is 4. The minimum atomic E-state index is -0.323. The Kier molecular flexibility index (Phi) is 3.35. The molecule has 0 saturated carbocycles. The van der Waals surface area contributed by atoms with Crippen LogP contribution in [0.4, 0.5) is 0 Å². The van der Waals surface area contributed by atoms with Gasteiger partial charge < -0.3 is 19.6 Å². The first-order valence-corrected chi connectivity index (χ1v) is 6.53. The predicted octanol–water partition coefficient (Wildman–Crippen LogP) is 2.40. The molecule has 2 aromatic heterocycles. The van der Waals surface area contributed by atoms with Crippen LogP contribution < -0.4 is 10.1 Å². The molecule has 0 spiro atoms. The summed E-state index contributed by atoms with van der Waals surface area (Å²) in [4.78, 5) is 15.2. The van der Waals surface area contributed by atoms with Crippen LogP contribution in [0.2, 0.25) is 0 Å². The molecule has 3 aromatic rings. The second kappa shape index (κ2) is 5.32. The van der Waals surface area contributed by atoms with Gasteiger partial charge in [0.05, 0.1) is 13.2 Å². The lowest BCUT2D eigenvalue weighted by Crippen LogP contribution is -2.22. The number of methoxy groups -OCH3 is 1. The standard InChI is InChI=1S/C15H15N3O3/c1-9-5-11-6-10(3-4-12(11)17-9)8-16-15(19)13-7-14(20-2)18-21-13/h3-7,17H,8H2,1-2H3,(H,16,19). The van der Waals surface area contributed by atoms with Gasteiger partial charge in [-0.15, -0.1) is 0 Å². The van der Waals surface area contributed by atoms with Crippen molar-refractivity contribution in [3.05, 3.63) is 47.3 Å². The fourth-order valence-corrected chi connectivity index (χ4v) is 2.17. The lowest BCUT2D eigenvalue weighted by atomic mass is 10.1. The molecule has 0 unspecified atom stereocenters. The molecule has 0 aliphatic rings. The van der Waals surface area contributed by atoms with Crippen LogP contribution in [-0.2, 0) is 6.54 Å². The van der Waals surface area contributed by atoms with Crippen LogP contribution in [0.5, 0.6) is 5.88 Å². The van der Waals surface area contributed by atoms with Crippen molar-refractivity contribution in [1.82, 2.24) is 15.5 Å². The van der Waals surface area contributed by atoms with Crippen LogP contribution in [0.3, 0.4) is 0 Å². The molecular weight excluding hydrogens is 270 g/mol. The molecule has 0 aliphatic carbocycles. The second-order valence-corrected chi connectivity index (χ2v) is 4.79. The summed E-state index contributed by atoms with van der Waals surface area (Å²) in [5.41, 5.74) is 3.21. The Morgan fingerprint density at radius 2 is 2.24 bits per heavy atom. The van der Waals surface area contributed by atoms with Gasteiger partial charge in [-0.05, 0) is 41.2 Å². The van der Waals surface area contributed by atoms with Gasteiger partial charge in [0.2, 0.25) is 5.76 Å². The minimum Gasteiger partial charge on any atom is -0.479 e. The summed E-state index contributed by atoms with van der Waals surface area (Å²) in [5, 5.41) is 7.50. The molecule has 3 rings (SSSR count). The van der Waals surface area contributed by atoms with Crippen LogP contribution in [0.1, 0.15) is 21.8 Å². The zero-order chi connectivity index (χ0) is 14.8. The fourth-order valence-electron chi connectivity index (χ4n) is 2.17. The van der Waals surface area contributed by atoms with E-state index in [0.29, 0.717) is 6.54 Å². The number of aryl methyl sites for hydroxylation is 1. The van der Waals surface area contributed by atoms with Crippen LogP contribution in [0.25, 0.3) is 10.9 Å². The zero-order valence-electron chi connectivity index (χ0n) is 11.8. The van der Waals surface area contributed by atoms with E-state index in [0.717, 1.165) is 22.2 Å². The summed E-state index contributed by atoms with van der Waals surface area (Å²) >= 11 is 0. The molecule has 0 bridgehead atoms. The number of ether oxygens (including phenoxy) is 1. The molecule has 0 radical (unpaired) electrons. The van der Waals surface area contributed by atoms with Crippen molar-refractivity contribution in [3.63, 3.8) is 0 Å². The molecule has 108 valence electrons. The maximum absolute atomic E-state index is 11.9. The van der Waals surface area contributed by atoms with Gasteiger partial charge in [-0.2, -0.15) is 0 Å². The Balaban J connectivity index is 1.69. The Labute approximate surface area is 121 Å². The Morgan fingerprint density at radius 1 is 1.38 bits per heavy atom. The number of fused-ring (bicyclic) bond motifs is 1. The van der Waals surface area contributed by atoms with Crippen molar-refractivity contribution in [2.75, 3.05) is 7.11 Å².